The van der Waals surface area contributed by atoms with Crippen LogP contribution in [0.15, 0.2) is 0 Å². The van der Waals surface area contributed by atoms with E-state index in [-0.39, 0.29) is 12.0 Å². The number of nitrogens with zero attached hydrogens (tertiary/aromatic N) is 2. The van der Waals surface area contributed by atoms with E-state index in [1.165, 1.54) is 20.0 Å². The SMILES string of the molecule is COC(=O)C(C1CC1)N1CCN(C(C)C)CC1. The van der Waals surface area contributed by atoms with Gasteiger partial charge in [0.1, 0.15) is 6.04 Å². The number of rotatable bonds is 4. The molecule has 1 aliphatic carbocycles. The summed E-state index contributed by atoms with van der Waals surface area (Å²) < 4.78 is 4.95. The fraction of sp³-hybridized carbons (Fsp3) is 0.923. The Hall–Kier alpha value is -0.610. The van der Waals surface area contributed by atoms with Gasteiger partial charge in [0.25, 0.3) is 0 Å². The van der Waals surface area contributed by atoms with Gasteiger partial charge in [-0.3, -0.25) is 14.6 Å². The van der Waals surface area contributed by atoms with Gasteiger partial charge in [0.15, 0.2) is 0 Å². The number of hydrogen-bond donors (Lipinski definition) is 0. The van der Waals surface area contributed by atoms with E-state index in [1.54, 1.807) is 0 Å². The van der Waals surface area contributed by atoms with Crippen molar-refractivity contribution in [2.24, 2.45) is 5.92 Å². The minimum absolute atomic E-state index is 0.0225. The Morgan fingerprint density at radius 2 is 1.65 bits per heavy atom. The van der Waals surface area contributed by atoms with Crippen molar-refractivity contribution in [3.63, 3.8) is 0 Å². The smallest absolute Gasteiger partial charge is 0.323 e. The molecule has 4 heteroatoms. The Balaban J connectivity index is 1.91. The van der Waals surface area contributed by atoms with Crippen LogP contribution in [-0.4, -0.2) is 61.1 Å². The predicted molar refractivity (Wildman–Crippen MR) is 66.8 cm³/mol. The van der Waals surface area contributed by atoms with Crippen molar-refractivity contribution in [1.82, 2.24) is 9.80 Å². The molecule has 0 aromatic rings. The van der Waals surface area contributed by atoms with Gasteiger partial charge in [-0.2, -0.15) is 0 Å². The van der Waals surface area contributed by atoms with E-state index in [4.69, 9.17) is 4.74 Å². The van der Waals surface area contributed by atoms with E-state index in [0.29, 0.717) is 12.0 Å². The number of hydrogen-bond acceptors (Lipinski definition) is 4. The van der Waals surface area contributed by atoms with E-state index in [2.05, 4.69) is 23.6 Å². The van der Waals surface area contributed by atoms with Gasteiger partial charge in [0.05, 0.1) is 7.11 Å². The summed E-state index contributed by atoms with van der Waals surface area (Å²) in [6.07, 6.45) is 2.37. The lowest BCUT2D eigenvalue weighted by molar-refractivity contribution is -0.148. The number of esters is 1. The van der Waals surface area contributed by atoms with Crippen molar-refractivity contribution in [2.75, 3.05) is 33.3 Å². The molecule has 4 nitrogen and oxygen atoms in total. The largest absolute Gasteiger partial charge is 0.468 e. The zero-order chi connectivity index (χ0) is 12.4. The molecule has 1 heterocycles. The zero-order valence-corrected chi connectivity index (χ0v) is 11.2. The van der Waals surface area contributed by atoms with E-state index < -0.39 is 0 Å². The van der Waals surface area contributed by atoms with Gasteiger partial charge in [0.2, 0.25) is 0 Å². The van der Waals surface area contributed by atoms with Crippen LogP contribution in [-0.2, 0) is 9.53 Å². The van der Waals surface area contributed by atoms with Crippen molar-refractivity contribution in [1.29, 1.82) is 0 Å². The monoisotopic (exact) mass is 240 g/mol. The molecule has 2 aliphatic rings. The Morgan fingerprint density at radius 3 is 2.06 bits per heavy atom. The zero-order valence-electron chi connectivity index (χ0n) is 11.2. The minimum Gasteiger partial charge on any atom is -0.468 e. The molecule has 1 atom stereocenters. The Bertz CT molecular complexity index is 269. The topological polar surface area (TPSA) is 32.8 Å². The van der Waals surface area contributed by atoms with E-state index in [1.807, 2.05) is 0 Å². The summed E-state index contributed by atoms with van der Waals surface area (Å²) in [6.45, 7) is 8.58. The van der Waals surface area contributed by atoms with Crippen molar-refractivity contribution < 1.29 is 9.53 Å². The third kappa shape index (κ3) is 2.99. The molecular weight excluding hydrogens is 216 g/mol. The third-order valence-corrected chi connectivity index (χ3v) is 3.98. The van der Waals surface area contributed by atoms with Gasteiger partial charge >= 0.3 is 5.97 Å². The number of methoxy groups -OCH3 is 1. The summed E-state index contributed by atoms with van der Waals surface area (Å²) in [5, 5.41) is 0. The Labute approximate surface area is 104 Å². The highest BCUT2D eigenvalue weighted by Gasteiger charge is 2.41. The fourth-order valence-electron chi connectivity index (χ4n) is 2.70. The van der Waals surface area contributed by atoms with Crippen LogP contribution < -0.4 is 0 Å². The predicted octanol–water partition coefficient (Wildman–Crippen LogP) is 0.964. The molecule has 1 saturated carbocycles. The lowest BCUT2D eigenvalue weighted by Gasteiger charge is -2.39. The maximum atomic E-state index is 11.8. The normalized spacial score (nSPS) is 24.9. The van der Waals surface area contributed by atoms with Crippen LogP contribution in [0.4, 0.5) is 0 Å². The molecule has 2 fully saturated rings. The molecule has 2 rings (SSSR count). The first kappa shape index (κ1) is 12.8. The van der Waals surface area contributed by atoms with Crippen LogP contribution in [0.5, 0.6) is 0 Å². The van der Waals surface area contributed by atoms with Gasteiger partial charge in [-0.15, -0.1) is 0 Å². The second-order valence-electron chi connectivity index (χ2n) is 5.47. The highest BCUT2D eigenvalue weighted by Crippen LogP contribution is 2.36. The summed E-state index contributed by atoms with van der Waals surface area (Å²) in [5.74, 6) is 0.513. The molecule has 0 N–H and O–H groups in total. The first-order valence-corrected chi connectivity index (χ1v) is 6.69. The second kappa shape index (κ2) is 5.36. The molecule has 1 aliphatic heterocycles. The molecule has 0 radical (unpaired) electrons. The van der Waals surface area contributed by atoms with Gasteiger partial charge < -0.3 is 4.74 Å². The molecule has 1 saturated heterocycles. The molecule has 0 bridgehead atoms. The number of ether oxygens (including phenoxy) is 1. The van der Waals surface area contributed by atoms with Crippen molar-refractivity contribution in [3.05, 3.63) is 0 Å². The Morgan fingerprint density at radius 1 is 1.12 bits per heavy atom. The van der Waals surface area contributed by atoms with Crippen molar-refractivity contribution >= 4 is 5.97 Å². The van der Waals surface area contributed by atoms with E-state index in [9.17, 15) is 4.79 Å². The molecule has 1 unspecified atom stereocenters. The maximum absolute atomic E-state index is 11.8. The fourth-order valence-corrected chi connectivity index (χ4v) is 2.70. The molecular formula is C13H24N2O2. The van der Waals surface area contributed by atoms with Crippen molar-refractivity contribution in [2.45, 2.75) is 38.8 Å². The third-order valence-electron chi connectivity index (χ3n) is 3.98. The summed E-state index contributed by atoms with van der Waals surface area (Å²) in [4.78, 5) is 16.6. The standard InChI is InChI=1S/C13H24N2O2/c1-10(2)14-6-8-15(9-7-14)12(11-4-5-11)13(16)17-3/h10-12H,4-9H2,1-3H3. The van der Waals surface area contributed by atoms with E-state index >= 15 is 0 Å². The first-order valence-electron chi connectivity index (χ1n) is 6.69. The maximum Gasteiger partial charge on any atom is 0.323 e. The molecule has 17 heavy (non-hydrogen) atoms. The van der Waals surface area contributed by atoms with Crippen LogP contribution in [0, 0.1) is 5.92 Å². The molecule has 0 aromatic heterocycles. The summed E-state index contributed by atoms with van der Waals surface area (Å²) >= 11 is 0. The summed E-state index contributed by atoms with van der Waals surface area (Å²) in [5.41, 5.74) is 0. The molecule has 98 valence electrons. The average molecular weight is 240 g/mol. The Kier molecular flexibility index (Phi) is 4.05. The highest BCUT2D eigenvalue weighted by atomic mass is 16.5. The van der Waals surface area contributed by atoms with Gasteiger partial charge in [-0.05, 0) is 32.6 Å². The lowest BCUT2D eigenvalue weighted by Crippen LogP contribution is -2.55. The number of piperazine rings is 1. The van der Waals surface area contributed by atoms with Gasteiger partial charge in [0, 0.05) is 32.2 Å². The first-order chi connectivity index (χ1) is 8.13. The van der Waals surface area contributed by atoms with Crippen molar-refractivity contribution in [3.8, 4) is 0 Å². The molecule has 0 aromatic carbocycles. The van der Waals surface area contributed by atoms with Gasteiger partial charge in [-0.25, -0.2) is 0 Å². The second-order valence-corrected chi connectivity index (χ2v) is 5.47. The van der Waals surface area contributed by atoms with Crippen LogP contribution in [0.2, 0.25) is 0 Å². The summed E-state index contributed by atoms with van der Waals surface area (Å²) in [6, 6.07) is 0.629. The van der Waals surface area contributed by atoms with Crippen LogP contribution >= 0.6 is 0 Å². The lowest BCUT2D eigenvalue weighted by atomic mass is 10.1. The quantitative estimate of drug-likeness (QED) is 0.685. The van der Waals surface area contributed by atoms with Crippen LogP contribution in [0.25, 0.3) is 0 Å². The summed E-state index contributed by atoms with van der Waals surface area (Å²) in [7, 11) is 1.50. The number of carbonyl (C=O) groups excluding carboxylic acids is 1. The average Bonchev–Trinajstić information content (AvgIpc) is 3.14. The highest BCUT2D eigenvalue weighted by molar-refractivity contribution is 5.76. The minimum atomic E-state index is -0.0366. The van der Waals surface area contributed by atoms with E-state index in [0.717, 1.165) is 26.2 Å². The van der Waals surface area contributed by atoms with Gasteiger partial charge in [-0.1, -0.05) is 0 Å². The molecule has 0 spiro atoms. The molecule has 0 amide bonds. The van der Waals surface area contributed by atoms with Crippen LogP contribution in [0.3, 0.4) is 0 Å². The number of carbonyl (C=O) groups is 1. The van der Waals surface area contributed by atoms with Crippen LogP contribution in [0.1, 0.15) is 26.7 Å².